The Kier molecular flexibility index (Phi) is 3.84. The summed E-state index contributed by atoms with van der Waals surface area (Å²) in [7, 11) is 0. The first-order valence-electron chi connectivity index (χ1n) is 5.76. The van der Waals surface area contributed by atoms with E-state index in [9.17, 15) is 0 Å². The Bertz CT molecular complexity index is 365. The minimum Gasteiger partial charge on any atom is -0.0702 e. The minimum atomic E-state index is 0.676. The number of unbranched alkanes of at least 4 members (excludes halogenated alkanes) is 1. The van der Waals surface area contributed by atoms with Gasteiger partial charge in [0, 0.05) is 5.92 Å². The van der Waals surface area contributed by atoms with Gasteiger partial charge in [-0.1, -0.05) is 50.1 Å². The number of allylic oxidation sites excluding steroid dienone is 2. The first kappa shape index (κ1) is 11.2. The fraction of sp³-hybridized carbons (Fsp3) is 0.429. The van der Waals surface area contributed by atoms with Crippen LogP contribution < -0.4 is 0 Å². The summed E-state index contributed by atoms with van der Waals surface area (Å²) in [5, 5.41) is 0. The van der Waals surface area contributed by atoms with Gasteiger partial charge in [0.25, 0.3) is 0 Å². The summed E-state index contributed by atoms with van der Waals surface area (Å²) >= 11 is 2.52. The van der Waals surface area contributed by atoms with Crippen molar-refractivity contribution in [2.45, 2.75) is 38.5 Å². The average molecular weight is 312 g/mol. The number of fused-ring (bicyclic) bond motifs is 1. The van der Waals surface area contributed by atoms with Gasteiger partial charge < -0.3 is 0 Å². The van der Waals surface area contributed by atoms with Crippen LogP contribution in [0.2, 0.25) is 0 Å². The molecule has 1 heteroatoms. The lowest BCUT2D eigenvalue weighted by Crippen LogP contribution is -2.07. The molecular formula is C14H17I. The predicted octanol–water partition coefficient (Wildman–Crippen LogP) is 4.84. The molecule has 1 aliphatic rings. The Balaban J connectivity index is 2.26. The number of benzene rings is 1. The third-order valence-electron chi connectivity index (χ3n) is 3.13. The summed E-state index contributed by atoms with van der Waals surface area (Å²) in [4.78, 5) is 0. The maximum atomic E-state index is 2.52. The van der Waals surface area contributed by atoms with E-state index in [1.165, 1.54) is 24.8 Å². The Morgan fingerprint density at radius 1 is 1.33 bits per heavy atom. The van der Waals surface area contributed by atoms with Crippen molar-refractivity contribution in [2.24, 2.45) is 0 Å². The van der Waals surface area contributed by atoms with Crippen molar-refractivity contribution >= 4 is 22.6 Å². The summed E-state index contributed by atoms with van der Waals surface area (Å²) < 4.78 is 1.54. The molecule has 0 nitrogen and oxygen atoms in total. The zero-order valence-corrected chi connectivity index (χ0v) is 11.3. The van der Waals surface area contributed by atoms with Crippen molar-refractivity contribution in [3.05, 3.63) is 45.0 Å². The zero-order chi connectivity index (χ0) is 10.7. The minimum absolute atomic E-state index is 0.676. The van der Waals surface area contributed by atoms with Gasteiger partial charge in [-0.05, 0) is 50.1 Å². The molecule has 0 aliphatic heterocycles. The SMILES string of the molecule is CCCCC1C(I)=CCc2ccccc21. The molecule has 1 aromatic rings. The van der Waals surface area contributed by atoms with Crippen LogP contribution in [-0.4, -0.2) is 0 Å². The largest absolute Gasteiger partial charge is 0.0702 e. The highest BCUT2D eigenvalue weighted by Crippen LogP contribution is 2.39. The van der Waals surface area contributed by atoms with Crippen molar-refractivity contribution in [2.75, 3.05) is 0 Å². The average Bonchev–Trinajstić information content (AvgIpc) is 2.28. The van der Waals surface area contributed by atoms with Gasteiger partial charge in [-0.2, -0.15) is 0 Å². The van der Waals surface area contributed by atoms with Gasteiger partial charge in [-0.3, -0.25) is 0 Å². The van der Waals surface area contributed by atoms with E-state index in [4.69, 9.17) is 0 Å². The Morgan fingerprint density at radius 2 is 2.13 bits per heavy atom. The maximum absolute atomic E-state index is 2.52. The molecule has 0 radical (unpaired) electrons. The van der Waals surface area contributed by atoms with Gasteiger partial charge in [-0.25, -0.2) is 0 Å². The molecule has 1 aromatic carbocycles. The molecule has 0 saturated carbocycles. The van der Waals surface area contributed by atoms with E-state index < -0.39 is 0 Å². The lowest BCUT2D eigenvalue weighted by molar-refractivity contribution is 0.651. The summed E-state index contributed by atoms with van der Waals surface area (Å²) in [6, 6.07) is 8.91. The molecule has 15 heavy (non-hydrogen) atoms. The van der Waals surface area contributed by atoms with Crippen LogP contribution in [0, 0.1) is 0 Å². The zero-order valence-electron chi connectivity index (χ0n) is 9.17. The Labute approximate surface area is 106 Å². The molecule has 0 fully saturated rings. The van der Waals surface area contributed by atoms with E-state index >= 15 is 0 Å². The van der Waals surface area contributed by atoms with Gasteiger partial charge >= 0.3 is 0 Å². The Morgan fingerprint density at radius 3 is 2.93 bits per heavy atom. The van der Waals surface area contributed by atoms with Crippen LogP contribution in [0.15, 0.2) is 33.9 Å². The Hall–Kier alpha value is -0.310. The molecule has 0 amide bonds. The number of hydrogen-bond donors (Lipinski definition) is 0. The van der Waals surface area contributed by atoms with Crippen LogP contribution >= 0.6 is 22.6 Å². The van der Waals surface area contributed by atoms with Crippen molar-refractivity contribution in [3.63, 3.8) is 0 Å². The van der Waals surface area contributed by atoms with Crippen LogP contribution in [-0.2, 0) is 6.42 Å². The molecular weight excluding hydrogens is 295 g/mol. The van der Waals surface area contributed by atoms with Gasteiger partial charge in [0.15, 0.2) is 0 Å². The molecule has 1 atom stereocenters. The molecule has 1 unspecified atom stereocenters. The molecule has 0 heterocycles. The van der Waals surface area contributed by atoms with E-state index in [1.807, 2.05) is 0 Å². The van der Waals surface area contributed by atoms with Crippen LogP contribution in [0.1, 0.15) is 43.2 Å². The summed E-state index contributed by atoms with van der Waals surface area (Å²) in [6.45, 7) is 2.27. The lowest BCUT2D eigenvalue weighted by atomic mass is 9.85. The fourth-order valence-electron chi connectivity index (χ4n) is 2.26. The van der Waals surface area contributed by atoms with Gasteiger partial charge in [0.05, 0.1) is 0 Å². The van der Waals surface area contributed by atoms with Crippen molar-refractivity contribution in [1.82, 2.24) is 0 Å². The first-order valence-corrected chi connectivity index (χ1v) is 6.84. The summed E-state index contributed by atoms with van der Waals surface area (Å²) in [6.07, 6.45) is 7.45. The normalized spacial score (nSPS) is 19.6. The van der Waals surface area contributed by atoms with Crippen LogP contribution in [0.25, 0.3) is 0 Å². The van der Waals surface area contributed by atoms with Crippen molar-refractivity contribution in [1.29, 1.82) is 0 Å². The molecule has 2 rings (SSSR count). The highest BCUT2D eigenvalue weighted by atomic mass is 127. The molecule has 0 spiro atoms. The molecule has 0 N–H and O–H groups in total. The lowest BCUT2D eigenvalue weighted by Gasteiger charge is -2.24. The topological polar surface area (TPSA) is 0 Å². The highest BCUT2D eigenvalue weighted by Gasteiger charge is 2.20. The number of halogens is 1. The highest BCUT2D eigenvalue weighted by molar-refractivity contribution is 14.1. The predicted molar refractivity (Wildman–Crippen MR) is 74.5 cm³/mol. The second kappa shape index (κ2) is 5.15. The van der Waals surface area contributed by atoms with Crippen LogP contribution in [0.3, 0.4) is 0 Å². The first-order chi connectivity index (χ1) is 7.33. The molecule has 0 bridgehead atoms. The van der Waals surface area contributed by atoms with Gasteiger partial charge in [-0.15, -0.1) is 0 Å². The van der Waals surface area contributed by atoms with E-state index in [-0.39, 0.29) is 0 Å². The third kappa shape index (κ3) is 2.44. The second-order valence-electron chi connectivity index (χ2n) is 4.19. The van der Waals surface area contributed by atoms with E-state index in [2.05, 4.69) is 59.9 Å². The smallest absolute Gasteiger partial charge is 0.0147 e. The van der Waals surface area contributed by atoms with Gasteiger partial charge in [0.1, 0.15) is 0 Å². The monoisotopic (exact) mass is 312 g/mol. The third-order valence-corrected chi connectivity index (χ3v) is 4.32. The standard InChI is InChI=1S/C14H17I/c1-2-3-7-13-12-8-5-4-6-11(12)9-10-14(13)15/h4-6,8,10,13H,2-3,7,9H2,1H3. The quantitative estimate of drug-likeness (QED) is 0.701. The number of hydrogen-bond acceptors (Lipinski definition) is 0. The van der Waals surface area contributed by atoms with Crippen molar-refractivity contribution in [3.8, 4) is 0 Å². The molecule has 80 valence electrons. The van der Waals surface area contributed by atoms with Crippen LogP contribution in [0.4, 0.5) is 0 Å². The number of rotatable bonds is 3. The second-order valence-corrected chi connectivity index (χ2v) is 5.43. The maximum Gasteiger partial charge on any atom is 0.0147 e. The fourth-order valence-corrected chi connectivity index (χ4v) is 3.13. The van der Waals surface area contributed by atoms with Crippen LogP contribution in [0.5, 0.6) is 0 Å². The van der Waals surface area contributed by atoms with Crippen molar-refractivity contribution < 1.29 is 0 Å². The van der Waals surface area contributed by atoms with E-state index in [0.717, 1.165) is 6.42 Å². The van der Waals surface area contributed by atoms with E-state index in [0.29, 0.717) is 5.92 Å². The molecule has 0 aromatic heterocycles. The van der Waals surface area contributed by atoms with Gasteiger partial charge in [0.2, 0.25) is 0 Å². The summed E-state index contributed by atoms with van der Waals surface area (Å²) in [5.41, 5.74) is 3.09. The molecule has 0 saturated heterocycles. The van der Waals surface area contributed by atoms with E-state index in [1.54, 1.807) is 9.14 Å². The molecule has 1 aliphatic carbocycles. The summed E-state index contributed by atoms with van der Waals surface area (Å²) in [5.74, 6) is 0.676.